The summed E-state index contributed by atoms with van der Waals surface area (Å²) in [6, 6.07) is 3.67. The molecule has 5 heteroatoms. The van der Waals surface area contributed by atoms with Gasteiger partial charge in [0.05, 0.1) is 11.6 Å². The number of nitrogens with zero attached hydrogens (tertiary/aromatic N) is 1. The number of carbonyl (C=O) groups excluding carboxylic acids is 2. The Bertz CT molecular complexity index is 489. The number of Topliss-reactive ketones (excluding diaryl/α,β-unsaturated/α-hetero) is 1. The summed E-state index contributed by atoms with van der Waals surface area (Å²) in [5.41, 5.74) is -1.20. The second kappa shape index (κ2) is 4.62. The van der Waals surface area contributed by atoms with Crippen LogP contribution in [0, 0.1) is 11.3 Å². The predicted molar refractivity (Wildman–Crippen MR) is 51.5 cm³/mol. The van der Waals surface area contributed by atoms with E-state index < -0.39 is 17.8 Å². The molecule has 0 radical (unpaired) electrons. The topological polar surface area (TPSA) is 57.9 Å². The predicted octanol–water partition coefficient (Wildman–Crippen LogP) is 2.51. The van der Waals surface area contributed by atoms with Crippen molar-refractivity contribution in [3.05, 3.63) is 34.4 Å². The summed E-state index contributed by atoms with van der Waals surface area (Å²) in [5, 5.41) is 8.68. The van der Waals surface area contributed by atoms with Crippen LogP contribution in [0.25, 0.3) is 0 Å². The Labute approximate surface area is 90.3 Å². The molecular formula is C11H7F2NO2. The molecule has 3 nitrogen and oxygen atoms in total. The van der Waals surface area contributed by atoms with Gasteiger partial charge in [-0.05, 0) is 19.1 Å². The van der Waals surface area contributed by atoms with Gasteiger partial charge in [0.15, 0.2) is 5.78 Å². The number of nitriles is 1. The van der Waals surface area contributed by atoms with E-state index in [1.165, 1.54) is 0 Å². The van der Waals surface area contributed by atoms with E-state index in [9.17, 15) is 18.4 Å². The number of carbonyl (C=O) groups is 2. The molecule has 0 aromatic heterocycles. The molecule has 0 aliphatic carbocycles. The number of alkyl halides is 2. The van der Waals surface area contributed by atoms with E-state index in [4.69, 9.17) is 5.26 Å². The van der Waals surface area contributed by atoms with Gasteiger partial charge in [0, 0.05) is 16.7 Å². The van der Waals surface area contributed by atoms with E-state index >= 15 is 0 Å². The maximum atomic E-state index is 12.7. The highest BCUT2D eigenvalue weighted by Crippen LogP contribution is 2.28. The van der Waals surface area contributed by atoms with Crippen LogP contribution in [-0.2, 0) is 0 Å². The van der Waals surface area contributed by atoms with Gasteiger partial charge in [0.1, 0.15) is 6.29 Å². The fourth-order valence-electron chi connectivity index (χ4n) is 1.36. The molecule has 0 saturated carbocycles. The quantitative estimate of drug-likeness (QED) is 0.584. The van der Waals surface area contributed by atoms with E-state index in [2.05, 4.69) is 0 Å². The van der Waals surface area contributed by atoms with Gasteiger partial charge in [-0.3, -0.25) is 9.59 Å². The molecule has 0 saturated heterocycles. The number of benzene rings is 1. The average Bonchev–Trinajstić information content (AvgIpc) is 2.26. The van der Waals surface area contributed by atoms with Crippen LogP contribution in [-0.4, -0.2) is 12.1 Å². The second-order valence-electron chi connectivity index (χ2n) is 3.12. The van der Waals surface area contributed by atoms with E-state index in [0.717, 1.165) is 19.1 Å². The smallest absolute Gasteiger partial charge is 0.265 e. The third-order valence-electron chi connectivity index (χ3n) is 2.06. The molecule has 1 aromatic carbocycles. The Balaban J connectivity index is 3.61. The minimum atomic E-state index is -2.92. The van der Waals surface area contributed by atoms with Gasteiger partial charge in [-0.1, -0.05) is 0 Å². The summed E-state index contributed by atoms with van der Waals surface area (Å²) in [5.74, 6) is -0.601. The van der Waals surface area contributed by atoms with Gasteiger partial charge in [-0.2, -0.15) is 5.26 Å². The van der Waals surface area contributed by atoms with Crippen LogP contribution in [0.15, 0.2) is 12.1 Å². The Morgan fingerprint density at radius 2 is 2.12 bits per heavy atom. The molecule has 0 bridgehead atoms. The van der Waals surface area contributed by atoms with Gasteiger partial charge in [0.2, 0.25) is 0 Å². The lowest BCUT2D eigenvalue weighted by atomic mass is 9.96. The first-order valence-corrected chi connectivity index (χ1v) is 4.33. The highest BCUT2D eigenvalue weighted by Gasteiger charge is 2.21. The maximum Gasteiger partial charge on any atom is 0.265 e. The van der Waals surface area contributed by atoms with Crippen LogP contribution in [0.3, 0.4) is 0 Å². The first-order chi connectivity index (χ1) is 7.51. The van der Waals surface area contributed by atoms with Gasteiger partial charge in [0.25, 0.3) is 6.43 Å². The van der Waals surface area contributed by atoms with Crippen molar-refractivity contribution in [2.75, 3.05) is 0 Å². The van der Waals surface area contributed by atoms with Crippen LogP contribution in [0.2, 0.25) is 0 Å². The lowest BCUT2D eigenvalue weighted by molar-refractivity contribution is 0.0998. The van der Waals surface area contributed by atoms with Crippen molar-refractivity contribution in [1.82, 2.24) is 0 Å². The van der Waals surface area contributed by atoms with Crippen molar-refractivity contribution in [3.8, 4) is 6.07 Å². The van der Waals surface area contributed by atoms with E-state index in [-0.39, 0.29) is 16.7 Å². The highest BCUT2D eigenvalue weighted by molar-refractivity contribution is 5.98. The maximum absolute atomic E-state index is 12.7. The number of aldehydes is 1. The Morgan fingerprint density at radius 3 is 2.50 bits per heavy atom. The molecule has 0 aliphatic rings. The first-order valence-electron chi connectivity index (χ1n) is 4.33. The van der Waals surface area contributed by atoms with Gasteiger partial charge < -0.3 is 0 Å². The molecule has 1 rings (SSSR count). The van der Waals surface area contributed by atoms with Crippen molar-refractivity contribution in [3.63, 3.8) is 0 Å². The summed E-state index contributed by atoms with van der Waals surface area (Å²) < 4.78 is 25.4. The number of rotatable bonds is 3. The lowest BCUT2D eigenvalue weighted by Gasteiger charge is -2.08. The zero-order valence-electron chi connectivity index (χ0n) is 8.33. The van der Waals surface area contributed by atoms with Crippen molar-refractivity contribution in [2.45, 2.75) is 13.3 Å². The summed E-state index contributed by atoms with van der Waals surface area (Å²) in [7, 11) is 0. The van der Waals surface area contributed by atoms with Crippen LogP contribution in [0.5, 0.6) is 0 Å². The van der Waals surface area contributed by atoms with Crippen LogP contribution in [0.1, 0.15) is 45.2 Å². The zero-order valence-corrected chi connectivity index (χ0v) is 8.33. The number of halogens is 2. The fraction of sp³-hybridized carbons (Fsp3) is 0.182. The van der Waals surface area contributed by atoms with Gasteiger partial charge in [-0.25, -0.2) is 8.78 Å². The molecule has 0 N–H and O–H groups in total. The minimum absolute atomic E-state index is 0.0335. The molecule has 16 heavy (non-hydrogen) atoms. The monoisotopic (exact) mass is 223 g/mol. The van der Waals surface area contributed by atoms with Crippen molar-refractivity contribution in [2.24, 2.45) is 0 Å². The number of ketones is 1. The molecule has 0 atom stereocenters. The molecule has 82 valence electrons. The Kier molecular flexibility index (Phi) is 3.46. The Hall–Kier alpha value is -2.09. The molecule has 0 fully saturated rings. The molecule has 0 amide bonds. The van der Waals surface area contributed by atoms with Crippen molar-refractivity contribution >= 4 is 12.1 Å². The average molecular weight is 223 g/mol. The van der Waals surface area contributed by atoms with Gasteiger partial charge >= 0.3 is 0 Å². The molecule has 0 aliphatic heterocycles. The second-order valence-corrected chi connectivity index (χ2v) is 3.12. The number of hydrogen-bond acceptors (Lipinski definition) is 3. The largest absolute Gasteiger partial charge is 0.298 e. The molecule has 0 spiro atoms. The van der Waals surface area contributed by atoms with Crippen molar-refractivity contribution < 1.29 is 18.4 Å². The van der Waals surface area contributed by atoms with Crippen molar-refractivity contribution in [1.29, 1.82) is 5.26 Å². The standard InChI is InChI=1S/C11H7F2NO2/c1-6(16)9-3-7(5-15)2-8(4-14)10(9)11(12)13/h2-3,5,11H,1H3. The van der Waals surface area contributed by atoms with Crippen LogP contribution in [0.4, 0.5) is 8.78 Å². The molecule has 1 aromatic rings. The lowest BCUT2D eigenvalue weighted by Crippen LogP contribution is -2.05. The number of hydrogen-bond donors (Lipinski definition) is 0. The third-order valence-corrected chi connectivity index (χ3v) is 2.06. The fourth-order valence-corrected chi connectivity index (χ4v) is 1.36. The summed E-state index contributed by atoms with van der Waals surface area (Å²) in [4.78, 5) is 21.7. The minimum Gasteiger partial charge on any atom is -0.298 e. The first kappa shape index (κ1) is 12.0. The van der Waals surface area contributed by atoms with Gasteiger partial charge in [-0.15, -0.1) is 0 Å². The molecular weight excluding hydrogens is 216 g/mol. The highest BCUT2D eigenvalue weighted by atomic mass is 19.3. The third kappa shape index (κ3) is 2.11. The summed E-state index contributed by atoms with van der Waals surface area (Å²) in [6.45, 7) is 1.11. The van der Waals surface area contributed by atoms with Crippen LogP contribution < -0.4 is 0 Å². The van der Waals surface area contributed by atoms with E-state index in [0.29, 0.717) is 6.29 Å². The zero-order chi connectivity index (χ0) is 12.3. The SMILES string of the molecule is CC(=O)c1cc(C=O)cc(C#N)c1C(F)F. The molecule has 0 heterocycles. The van der Waals surface area contributed by atoms with E-state index in [1.807, 2.05) is 0 Å². The summed E-state index contributed by atoms with van der Waals surface area (Å²) in [6.07, 6.45) is -2.52. The van der Waals surface area contributed by atoms with Crippen LogP contribution >= 0.6 is 0 Å². The van der Waals surface area contributed by atoms with E-state index in [1.54, 1.807) is 6.07 Å². The Morgan fingerprint density at radius 1 is 1.50 bits per heavy atom. The summed E-state index contributed by atoms with van der Waals surface area (Å²) >= 11 is 0. The molecule has 0 unspecified atom stereocenters. The normalized spacial score (nSPS) is 9.94.